The minimum Gasteiger partial charge on any atom is -0.570 e. The fraction of sp³-hybridized carbons (Fsp3) is 0.923. The molecule has 1 aliphatic heterocycles. The van der Waals surface area contributed by atoms with Gasteiger partial charge in [0.1, 0.15) is 11.6 Å². The zero-order chi connectivity index (χ0) is 15.5. The van der Waals surface area contributed by atoms with E-state index in [0.29, 0.717) is 37.0 Å². The molecule has 8 heteroatoms. The maximum atomic E-state index is 11.8. The summed E-state index contributed by atoms with van der Waals surface area (Å²) >= 11 is 0. The Hall–Kier alpha value is -1.57. The molecule has 0 radical (unpaired) electrons. The second kappa shape index (κ2) is 6.46. The Morgan fingerprint density at radius 3 is 2.76 bits per heavy atom. The van der Waals surface area contributed by atoms with Gasteiger partial charge in [0, 0.05) is 11.7 Å². The van der Waals surface area contributed by atoms with E-state index in [1.807, 2.05) is 20.8 Å². The van der Waals surface area contributed by atoms with Crippen molar-refractivity contribution in [2.24, 2.45) is 11.0 Å². The molecular weight excluding hydrogens is 276 g/mol. The lowest BCUT2D eigenvalue weighted by molar-refractivity contribution is -0.652. The number of carbonyl (C=O) groups is 1. The molecule has 0 unspecified atom stereocenters. The largest absolute Gasteiger partial charge is 0.570 e. The normalized spacial score (nSPS) is 23.3. The number of nitrogens with zero attached hydrogens (tertiary/aromatic N) is 3. The van der Waals surface area contributed by atoms with Gasteiger partial charge in [0.2, 0.25) is 0 Å². The van der Waals surface area contributed by atoms with E-state index in [-0.39, 0.29) is 12.2 Å². The number of likely N-dealkylation sites (tertiary alicyclic amines) is 1. The van der Waals surface area contributed by atoms with Crippen molar-refractivity contribution in [1.29, 1.82) is 0 Å². The smallest absolute Gasteiger partial charge is 0.409 e. The zero-order valence-corrected chi connectivity index (χ0v) is 12.9. The minimum atomic E-state index is -0.480. The average Bonchev–Trinajstić information content (AvgIpc) is 3.08. The summed E-state index contributed by atoms with van der Waals surface area (Å²) < 4.78 is 5.21. The van der Waals surface area contributed by atoms with Crippen LogP contribution in [0.15, 0.2) is 5.11 Å². The highest BCUT2D eigenvalue weighted by Gasteiger charge is 2.31. The Bertz CT molecular complexity index is 403. The SMILES string of the molecule is CC(C)(C)N=[N+]([O-])NO[C@@H]1CCN(C(=O)OCC2CC2)C1. The monoisotopic (exact) mass is 300 g/mol. The van der Waals surface area contributed by atoms with Crippen LogP contribution >= 0.6 is 0 Å². The van der Waals surface area contributed by atoms with Crippen LogP contribution in [-0.2, 0) is 9.57 Å². The summed E-state index contributed by atoms with van der Waals surface area (Å²) in [6.07, 6.45) is 2.44. The Morgan fingerprint density at radius 2 is 2.14 bits per heavy atom. The van der Waals surface area contributed by atoms with Crippen LogP contribution in [0.3, 0.4) is 0 Å². The van der Waals surface area contributed by atoms with Gasteiger partial charge in [0.05, 0.1) is 18.1 Å². The lowest BCUT2D eigenvalue weighted by atomic mass is 10.1. The van der Waals surface area contributed by atoms with Crippen molar-refractivity contribution in [3.63, 3.8) is 0 Å². The first-order valence-corrected chi connectivity index (χ1v) is 7.36. The molecule has 1 atom stereocenters. The summed E-state index contributed by atoms with van der Waals surface area (Å²) in [6.45, 7) is 6.94. The predicted molar refractivity (Wildman–Crippen MR) is 74.1 cm³/mol. The number of carbonyl (C=O) groups excluding carboxylic acids is 1. The minimum absolute atomic E-state index is 0.231. The number of hydrogen-bond acceptors (Lipinski definition) is 5. The van der Waals surface area contributed by atoms with Crippen molar-refractivity contribution in [2.45, 2.75) is 51.7 Å². The molecule has 21 heavy (non-hydrogen) atoms. The summed E-state index contributed by atoms with van der Waals surface area (Å²) in [5.74, 6) is 0.554. The molecule has 120 valence electrons. The standard InChI is InChI=1S/C13H24N4O4/c1-13(2,3)14-17(19)15-21-11-6-7-16(8-11)12(18)20-9-10-4-5-10/h10-11H,4-9H2,1-3H3,(H,14,15)/t11-/m1/s1. The first-order valence-electron chi connectivity index (χ1n) is 7.36. The molecule has 0 aromatic rings. The van der Waals surface area contributed by atoms with Crippen LogP contribution in [0, 0.1) is 11.1 Å². The van der Waals surface area contributed by atoms with Crippen LogP contribution in [0.5, 0.6) is 0 Å². The van der Waals surface area contributed by atoms with Gasteiger partial charge in [0.15, 0.2) is 0 Å². The second-order valence-electron chi connectivity index (χ2n) is 6.63. The number of amides is 1. The summed E-state index contributed by atoms with van der Waals surface area (Å²) in [4.78, 5) is 19.0. The Balaban J connectivity index is 1.67. The highest BCUT2D eigenvalue weighted by Crippen LogP contribution is 2.29. The van der Waals surface area contributed by atoms with Gasteiger partial charge in [-0.25, -0.2) is 9.63 Å². The first kappa shape index (κ1) is 15.8. The molecule has 1 amide bonds. The van der Waals surface area contributed by atoms with E-state index in [4.69, 9.17) is 9.57 Å². The first-order chi connectivity index (χ1) is 9.83. The molecule has 1 saturated carbocycles. The fourth-order valence-electron chi connectivity index (χ4n) is 1.97. The fourth-order valence-corrected chi connectivity index (χ4v) is 1.97. The number of hydrazine groups is 1. The van der Waals surface area contributed by atoms with E-state index in [1.165, 1.54) is 0 Å². The van der Waals surface area contributed by atoms with Crippen LogP contribution in [0.4, 0.5) is 4.79 Å². The van der Waals surface area contributed by atoms with Crippen molar-refractivity contribution in [2.75, 3.05) is 19.7 Å². The van der Waals surface area contributed by atoms with Crippen LogP contribution < -0.4 is 5.59 Å². The molecule has 2 rings (SSSR count). The van der Waals surface area contributed by atoms with Crippen LogP contribution in [0.1, 0.15) is 40.0 Å². The lowest BCUT2D eigenvalue weighted by Crippen LogP contribution is -2.35. The molecule has 1 N–H and O–H groups in total. The van der Waals surface area contributed by atoms with Crippen LogP contribution in [-0.4, -0.2) is 47.3 Å². The van der Waals surface area contributed by atoms with Crippen molar-refractivity contribution in [3.05, 3.63) is 5.21 Å². The quantitative estimate of drug-likeness (QED) is 0.475. The number of rotatable bonds is 5. The van der Waals surface area contributed by atoms with Gasteiger partial charge in [-0.15, -0.1) is 0 Å². The van der Waals surface area contributed by atoms with Crippen LogP contribution in [0.25, 0.3) is 0 Å². The van der Waals surface area contributed by atoms with Crippen molar-refractivity contribution >= 4 is 6.09 Å². The van der Waals surface area contributed by atoms with Gasteiger partial charge >= 0.3 is 6.09 Å². The van der Waals surface area contributed by atoms with E-state index in [1.54, 1.807) is 4.90 Å². The molecule has 1 saturated heterocycles. The third kappa shape index (κ3) is 5.74. The zero-order valence-electron chi connectivity index (χ0n) is 12.9. The molecule has 0 aromatic carbocycles. The molecule has 2 fully saturated rings. The molecule has 1 heterocycles. The maximum absolute atomic E-state index is 11.8. The average molecular weight is 300 g/mol. The number of hydrogen-bond donors (Lipinski definition) is 1. The van der Waals surface area contributed by atoms with E-state index in [9.17, 15) is 10.0 Å². The molecule has 0 spiro atoms. The van der Waals surface area contributed by atoms with Crippen LogP contribution in [0.2, 0.25) is 0 Å². The number of ether oxygens (including phenoxy) is 1. The van der Waals surface area contributed by atoms with Gasteiger partial charge in [-0.3, -0.25) is 0 Å². The Labute approximate surface area is 124 Å². The van der Waals surface area contributed by atoms with Gasteiger partial charge in [-0.2, -0.15) is 0 Å². The molecule has 1 aliphatic carbocycles. The van der Waals surface area contributed by atoms with E-state index < -0.39 is 5.54 Å². The summed E-state index contributed by atoms with van der Waals surface area (Å²) in [5.41, 5.74) is 1.75. The summed E-state index contributed by atoms with van der Waals surface area (Å²) in [5, 5.41) is 15.2. The predicted octanol–water partition coefficient (Wildman–Crippen LogP) is 1.80. The maximum Gasteiger partial charge on any atom is 0.409 e. The van der Waals surface area contributed by atoms with Crippen molar-refractivity contribution in [3.8, 4) is 0 Å². The highest BCUT2D eigenvalue weighted by atomic mass is 16.8. The lowest BCUT2D eigenvalue weighted by Gasteiger charge is -2.16. The Morgan fingerprint density at radius 1 is 1.43 bits per heavy atom. The van der Waals surface area contributed by atoms with Gasteiger partial charge in [0.25, 0.3) is 0 Å². The van der Waals surface area contributed by atoms with Crippen molar-refractivity contribution < 1.29 is 19.3 Å². The molecular formula is C13H24N4O4. The van der Waals surface area contributed by atoms with E-state index >= 15 is 0 Å². The van der Waals surface area contributed by atoms with Gasteiger partial charge < -0.3 is 14.8 Å². The topological polar surface area (TPSA) is 89.2 Å². The molecule has 8 nitrogen and oxygen atoms in total. The molecule has 2 aliphatic rings. The third-order valence-corrected chi connectivity index (χ3v) is 3.23. The molecule has 0 aromatic heterocycles. The highest BCUT2D eigenvalue weighted by molar-refractivity contribution is 5.68. The Kier molecular flexibility index (Phi) is 4.87. The number of nitrogens with one attached hydrogen (secondary N) is 1. The summed E-state index contributed by atoms with van der Waals surface area (Å²) in [6, 6.07) is 0. The third-order valence-electron chi connectivity index (χ3n) is 3.23. The van der Waals surface area contributed by atoms with E-state index in [0.717, 1.165) is 12.8 Å². The second-order valence-corrected chi connectivity index (χ2v) is 6.63. The van der Waals surface area contributed by atoms with Gasteiger partial charge in [-0.05, 0) is 51.5 Å². The summed E-state index contributed by atoms with van der Waals surface area (Å²) in [7, 11) is 0. The van der Waals surface area contributed by atoms with Crippen molar-refractivity contribution in [1.82, 2.24) is 10.5 Å². The molecule has 0 bridgehead atoms. The van der Waals surface area contributed by atoms with Gasteiger partial charge in [-0.1, -0.05) is 0 Å². The van der Waals surface area contributed by atoms with E-state index in [2.05, 4.69) is 10.7 Å².